The Kier molecular flexibility index (Phi) is 16.4. The molecule has 0 fully saturated rings. The van der Waals surface area contributed by atoms with Crippen LogP contribution in [0.25, 0.3) is 0 Å². The molecule has 4 heteroatoms. The smallest absolute Gasteiger partial charge is 0.220 e. The number of amides is 1. The van der Waals surface area contributed by atoms with E-state index in [1.165, 1.54) is 57.8 Å². The third kappa shape index (κ3) is 15.4. The lowest BCUT2D eigenvalue weighted by Crippen LogP contribution is -2.46. The molecule has 4 nitrogen and oxygen atoms in total. The summed E-state index contributed by atoms with van der Waals surface area (Å²) >= 11 is 0. The predicted octanol–water partition coefficient (Wildman–Crippen LogP) is 4.50. The number of aliphatic hydroxyl groups excluding tert-OH is 1. The zero-order valence-corrected chi connectivity index (χ0v) is 17.4. The molecule has 1 amide bonds. The minimum atomic E-state index is -0.499. The molecule has 25 heavy (non-hydrogen) atoms. The van der Waals surface area contributed by atoms with Gasteiger partial charge in [0, 0.05) is 13.0 Å². The highest BCUT2D eigenvalue weighted by Gasteiger charge is 2.19. The number of hydrogen-bond donors (Lipinski definition) is 2. The maximum atomic E-state index is 12.0. The number of hydrogen-bond acceptors (Lipinski definition) is 3. The first-order valence-electron chi connectivity index (χ1n) is 10.6. The van der Waals surface area contributed by atoms with Gasteiger partial charge in [-0.05, 0) is 26.9 Å². The first-order valence-corrected chi connectivity index (χ1v) is 10.6. The second-order valence-corrected chi connectivity index (χ2v) is 7.70. The normalized spacial score (nSPS) is 13.8. The van der Waals surface area contributed by atoms with Gasteiger partial charge in [-0.3, -0.25) is 4.79 Å². The highest BCUT2D eigenvalue weighted by atomic mass is 16.3. The van der Waals surface area contributed by atoms with Gasteiger partial charge in [-0.1, -0.05) is 78.1 Å². The van der Waals surface area contributed by atoms with Gasteiger partial charge in [0.1, 0.15) is 0 Å². The fourth-order valence-electron chi connectivity index (χ4n) is 3.20. The summed E-state index contributed by atoms with van der Waals surface area (Å²) in [7, 11) is 3.87. The summed E-state index contributed by atoms with van der Waals surface area (Å²) < 4.78 is 0. The molecule has 0 spiro atoms. The summed E-state index contributed by atoms with van der Waals surface area (Å²) in [5.74, 6) is 0.0839. The number of carbonyl (C=O) groups is 1. The van der Waals surface area contributed by atoms with Crippen LogP contribution in [-0.2, 0) is 4.79 Å². The monoisotopic (exact) mass is 356 g/mol. The van der Waals surface area contributed by atoms with E-state index in [-0.39, 0.29) is 11.9 Å². The van der Waals surface area contributed by atoms with Crippen LogP contribution in [0, 0.1) is 0 Å². The zero-order chi connectivity index (χ0) is 18.9. The van der Waals surface area contributed by atoms with Gasteiger partial charge >= 0.3 is 0 Å². The number of rotatable bonds is 17. The van der Waals surface area contributed by atoms with E-state index in [0.29, 0.717) is 13.0 Å². The van der Waals surface area contributed by atoms with Crippen LogP contribution >= 0.6 is 0 Å². The molecule has 0 aromatic heterocycles. The Balaban J connectivity index is 3.56. The van der Waals surface area contributed by atoms with Crippen molar-refractivity contribution >= 4 is 5.91 Å². The van der Waals surface area contributed by atoms with E-state index >= 15 is 0 Å². The van der Waals surface area contributed by atoms with Gasteiger partial charge in [0.2, 0.25) is 5.91 Å². The predicted molar refractivity (Wildman–Crippen MR) is 108 cm³/mol. The van der Waals surface area contributed by atoms with Crippen molar-refractivity contribution in [1.82, 2.24) is 10.2 Å². The second kappa shape index (κ2) is 16.8. The maximum Gasteiger partial charge on any atom is 0.220 e. The Bertz CT molecular complexity index is 308. The van der Waals surface area contributed by atoms with Crippen molar-refractivity contribution in [3.05, 3.63) is 0 Å². The number of unbranched alkanes of at least 4 members (excludes halogenated alkanes) is 10. The molecule has 0 radical (unpaired) electrons. The quantitative estimate of drug-likeness (QED) is 0.377. The highest BCUT2D eigenvalue weighted by Crippen LogP contribution is 2.12. The van der Waals surface area contributed by atoms with Crippen molar-refractivity contribution in [3.63, 3.8) is 0 Å². The molecule has 2 N–H and O–H groups in total. The topological polar surface area (TPSA) is 52.6 Å². The van der Waals surface area contributed by atoms with E-state index < -0.39 is 6.10 Å². The first-order chi connectivity index (χ1) is 12.0. The van der Waals surface area contributed by atoms with Crippen LogP contribution in [0.5, 0.6) is 0 Å². The molecular weight excluding hydrogens is 312 g/mol. The van der Waals surface area contributed by atoms with E-state index in [4.69, 9.17) is 0 Å². The molecule has 0 heterocycles. The third-order valence-electron chi connectivity index (χ3n) is 4.81. The number of nitrogens with one attached hydrogen (secondary N) is 1. The molecule has 0 aliphatic carbocycles. The van der Waals surface area contributed by atoms with E-state index in [1.54, 1.807) is 0 Å². The van der Waals surface area contributed by atoms with Gasteiger partial charge in [-0.2, -0.15) is 0 Å². The standard InChI is InChI=1S/C21H44N2O2/c1-5-7-8-9-10-11-12-13-14-15-16-17-21(25)22-19(6-2)20(24)18-23(3)4/h19-20,24H,5-18H2,1-4H3,(H,22,25). The summed E-state index contributed by atoms with van der Waals surface area (Å²) in [6, 6.07) is -0.136. The van der Waals surface area contributed by atoms with Crippen LogP contribution in [0.3, 0.4) is 0 Å². The molecule has 0 aromatic carbocycles. The largest absolute Gasteiger partial charge is 0.390 e. The Morgan fingerprint density at radius 3 is 1.80 bits per heavy atom. The highest BCUT2D eigenvalue weighted by molar-refractivity contribution is 5.76. The SMILES string of the molecule is CCCCCCCCCCCCCC(=O)NC(CC)C(O)CN(C)C. The third-order valence-corrected chi connectivity index (χ3v) is 4.81. The van der Waals surface area contributed by atoms with Crippen molar-refractivity contribution in [2.45, 2.75) is 109 Å². The molecule has 150 valence electrons. The van der Waals surface area contributed by atoms with Gasteiger partial charge in [0.05, 0.1) is 12.1 Å². The fourth-order valence-corrected chi connectivity index (χ4v) is 3.20. The van der Waals surface area contributed by atoms with Crippen LogP contribution in [0.1, 0.15) is 97.3 Å². The van der Waals surface area contributed by atoms with E-state index in [2.05, 4.69) is 12.2 Å². The average Bonchev–Trinajstić information content (AvgIpc) is 2.56. The molecule has 0 aliphatic heterocycles. The zero-order valence-electron chi connectivity index (χ0n) is 17.4. The maximum absolute atomic E-state index is 12.0. The van der Waals surface area contributed by atoms with Crippen LogP contribution in [0.4, 0.5) is 0 Å². The van der Waals surface area contributed by atoms with Gasteiger partial charge in [-0.15, -0.1) is 0 Å². The van der Waals surface area contributed by atoms with E-state index in [0.717, 1.165) is 19.3 Å². The van der Waals surface area contributed by atoms with Gasteiger partial charge in [0.15, 0.2) is 0 Å². The van der Waals surface area contributed by atoms with Crippen LogP contribution in [-0.4, -0.2) is 48.7 Å². The Labute approximate surface area is 156 Å². The number of carbonyl (C=O) groups excluding carboxylic acids is 1. The van der Waals surface area contributed by atoms with E-state index in [1.807, 2.05) is 25.9 Å². The van der Waals surface area contributed by atoms with Gasteiger partial charge in [0.25, 0.3) is 0 Å². The molecule has 0 saturated carbocycles. The number of aliphatic hydroxyl groups is 1. The molecule has 0 saturated heterocycles. The second-order valence-electron chi connectivity index (χ2n) is 7.70. The Morgan fingerprint density at radius 1 is 0.880 bits per heavy atom. The molecule has 0 aromatic rings. The molecule has 2 atom stereocenters. The fraction of sp³-hybridized carbons (Fsp3) is 0.952. The summed E-state index contributed by atoms with van der Waals surface area (Å²) in [5, 5.41) is 13.1. The van der Waals surface area contributed by atoms with Crippen LogP contribution in [0.2, 0.25) is 0 Å². The minimum absolute atomic E-state index is 0.0839. The molecule has 0 aliphatic rings. The minimum Gasteiger partial charge on any atom is -0.390 e. The Hall–Kier alpha value is -0.610. The lowest BCUT2D eigenvalue weighted by atomic mass is 10.0. The molecule has 0 bridgehead atoms. The van der Waals surface area contributed by atoms with Crippen molar-refractivity contribution in [2.24, 2.45) is 0 Å². The Morgan fingerprint density at radius 2 is 1.36 bits per heavy atom. The van der Waals surface area contributed by atoms with Gasteiger partial charge < -0.3 is 15.3 Å². The molecular formula is C21H44N2O2. The van der Waals surface area contributed by atoms with Crippen molar-refractivity contribution in [2.75, 3.05) is 20.6 Å². The lowest BCUT2D eigenvalue weighted by Gasteiger charge is -2.25. The van der Waals surface area contributed by atoms with Crippen molar-refractivity contribution in [1.29, 1.82) is 0 Å². The summed E-state index contributed by atoms with van der Waals surface area (Å²) in [6.45, 7) is 4.85. The summed E-state index contributed by atoms with van der Waals surface area (Å²) in [4.78, 5) is 14.0. The van der Waals surface area contributed by atoms with Crippen LogP contribution in [0.15, 0.2) is 0 Å². The van der Waals surface area contributed by atoms with E-state index in [9.17, 15) is 9.90 Å². The number of likely N-dealkylation sites (N-methyl/N-ethyl adjacent to an activating group) is 1. The van der Waals surface area contributed by atoms with Gasteiger partial charge in [-0.25, -0.2) is 0 Å². The average molecular weight is 357 g/mol. The lowest BCUT2D eigenvalue weighted by molar-refractivity contribution is -0.122. The first kappa shape index (κ1) is 24.4. The number of nitrogens with zero attached hydrogens (tertiary/aromatic N) is 1. The summed E-state index contributed by atoms with van der Waals surface area (Å²) in [6.07, 6.45) is 15.1. The van der Waals surface area contributed by atoms with Crippen LogP contribution < -0.4 is 5.32 Å². The van der Waals surface area contributed by atoms with Crippen molar-refractivity contribution < 1.29 is 9.90 Å². The molecule has 2 unspecified atom stereocenters. The molecule has 0 rings (SSSR count). The summed E-state index contributed by atoms with van der Waals surface area (Å²) in [5.41, 5.74) is 0. The van der Waals surface area contributed by atoms with Crippen molar-refractivity contribution in [3.8, 4) is 0 Å².